The van der Waals surface area contributed by atoms with E-state index >= 15 is 0 Å². The van der Waals surface area contributed by atoms with E-state index in [1.54, 1.807) is 5.32 Å². The zero-order chi connectivity index (χ0) is 16.3. The number of nitrogens with one attached hydrogen (secondary N) is 2. The van der Waals surface area contributed by atoms with Crippen LogP contribution in [0.2, 0.25) is 0 Å². The molecule has 1 aromatic rings. The number of sulfonamides is 1. The lowest BCUT2D eigenvalue weighted by Crippen LogP contribution is -2.36. The predicted octanol–water partition coefficient (Wildman–Crippen LogP) is 1.03. The van der Waals surface area contributed by atoms with Gasteiger partial charge in [0.05, 0.1) is 7.11 Å². The third-order valence-electron chi connectivity index (χ3n) is 2.18. The maximum absolute atomic E-state index is 11.9. The average molecular weight is 327 g/mol. The minimum atomic E-state index is -4.55. The van der Waals surface area contributed by atoms with Crippen molar-refractivity contribution in [2.75, 3.05) is 19.0 Å². The van der Waals surface area contributed by atoms with Gasteiger partial charge in [-0.15, -0.1) is 0 Å². The molecule has 21 heavy (non-hydrogen) atoms. The number of amides is 2. The number of primary sulfonamides is 1. The quantitative estimate of drug-likeness (QED) is 0.767. The summed E-state index contributed by atoms with van der Waals surface area (Å²) >= 11 is 0. The second-order valence-corrected chi connectivity index (χ2v) is 5.36. The number of nitrogens with two attached hydrogens (primary N) is 1. The number of hydrogen-bond donors (Lipinski definition) is 3. The van der Waals surface area contributed by atoms with Gasteiger partial charge in [0.1, 0.15) is 17.2 Å². The normalized spacial score (nSPS) is 11.9. The molecule has 0 saturated carbocycles. The molecule has 0 bridgehead atoms. The van der Waals surface area contributed by atoms with Crippen LogP contribution in [0.25, 0.3) is 0 Å². The van der Waals surface area contributed by atoms with Crippen molar-refractivity contribution >= 4 is 21.7 Å². The van der Waals surface area contributed by atoms with Gasteiger partial charge < -0.3 is 15.4 Å². The maximum atomic E-state index is 11.9. The third kappa shape index (κ3) is 5.47. The molecule has 0 saturated heterocycles. The van der Waals surface area contributed by atoms with Crippen LogP contribution in [0.4, 0.5) is 23.7 Å². The molecule has 0 spiro atoms. The van der Waals surface area contributed by atoms with Crippen molar-refractivity contribution in [2.24, 2.45) is 5.14 Å². The summed E-state index contributed by atoms with van der Waals surface area (Å²) in [5.74, 6) is -0.0567. The van der Waals surface area contributed by atoms with Crippen LogP contribution in [0.15, 0.2) is 23.1 Å². The van der Waals surface area contributed by atoms with Crippen LogP contribution >= 0.6 is 0 Å². The molecule has 0 atom stereocenters. The molecule has 7 nitrogen and oxygen atoms in total. The van der Waals surface area contributed by atoms with E-state index in [1.807, 2.05) is 0 Å². The summed E-state index contributed by atoms with van der Waals surface area (Å²) in [5, 5.41) is 8.59. The van der Waals surface area contributed by atoms with E-state index in [2.05, 4.69) is 5.32 Å². The van der Waals surface area contributed by atoms with Gasteiger partial charge in [0.15, 0.2) is 0 Å². The Morgan fingerprint density at radius 2 is 2.00 bits per heavy atom. The van der Waals surface area contributed by atoms with E-state index in [0.717, 1.165) is 6.07 Å². The van der Waals surface area contributed by atoms with Crippen molar-refractivity contribution in [1.82, 2.24) is 5.32 Å². The van der Waals surface area contributed by atoms with Gasteiger partial charge in [0.2, 0.25) is 10.0 Å². The van der Waals surface area contributed by atoms with Crippen molar-refractivity contribution in [2.45, 2.75) is 11.1 Å². The Kier molecular flexibility index (Phi) is 5.01. The lowest BCUT2D eigenvalue weighted by molar-refractivity contribution is -0.122. The fourth-order valence-electron chi connectivity index (χ4n) is 1.33. The van der Waals surface area contributed by atoms with Crippen LogP contribution < -0.4 is 20.5 Å². The highest BCUT2D eigenvalue weighted by molar-refractivity contribution is 7.89. The number of methoxy groups -OCH3 is 1. The van der Waals surface area contributed by atoms with Crippen LogP contribution in [0.3, 0.4) is 0 Å². The summed E-state index contributed by atoms with van der Waals surface area (Å²) in [4.78, 5) is 10.8. The molecule has 0 unspecified atom stereocenters. The molecular weight excluding hydrogens is 315 g/mol. The molecule has 11 heteroatoms. The Morgan fingerprint density at radius 3 is 2.48 bits per heavy atom. The molecule has 118 valence electrons. The molecule has 0 aliphatic heterocycles. The highest BCUT2D eigenvalue weighted by Gasteiger charge is 2.27. The van der Waals surface area contributed by atoms with Gasteiger partial charge in [0.25, 0.3) is 0 Å². The lowest BCUT2D eigenvalue weighted by Gasteiger charge is -2.12. The SMILES string of the molecule is COc1ccc(NC(=O)NCC(F)(F)F)cc1S(N)(=O)=O. The Bertz CT molecular complexity index is 631. The summed E-state index contributed by atoms with van der Waals surface area (Å²) in [6.45, 7) is -1.52. The molecule has 0 aliphatic carbocycles. The number of anilines is 1. The van der Waals surface area contributed by atoms with Crippen molar-refractivity contribution in [3.05, 3.63) is 18.2 Å². The van der Waals surface area contributed by atoms with Crippen LogP contribution in [0.1, 0.15) is 0 Å². The van der Waals surface area contributed by atoms with E-state index in [1.165, 1.54) is 19.2 Å². The second kappa shape index (κ2) is 6.18. The van der Waals surface area contributed by atoms with Gasteiger partial charge in [-0.3, -0.25) is 0 Å². The van der Waals surface area contributed by atoms with Gasteiger partial charge in [-0.2, -0.15) is 13.2 Å². The molecule has 0 aromatic heterocycles. The van der Waals surface area contributed by atoms with E-state index in [-0.39, 0.29) is 11.4 Å². The second-order valence-electron chi connectivity index (χ2n) is 3.83. The minimum absolute atomic E-state index is 0.0560. The molecule has 4 N–H and O–H groups in total. The fraction of sp³-hybridized carbons (Fsp3) is 0.300. The van der Waals surface area contributed by atoms with Gasteiger partial charge in [0, 0.05) is 5.69 Å². The van der Waals surface area contributed by atoms with Crippen LogP contribution in [-0.4, -0.2) is 34.3 Å². The summed E-state index contributed by atoms with van der Waals surface area (Å²) in [5.41, 5.74) is -0.0560. The Morgan fingerprint density at radius 1 is 1.38 bits per heavy atom. The number of rotatable bonds is 4. The average Bonchev–Trinajstić information content (AvgIpc) is 2.34. The first-order valence-electron chi connectivity index (χ1n) is 5.35. The number of ether oxygens (including phenoxy) is 1. The monoisotopic (exact) mass is 327 g/mol. The van der Waals surface area contributed by atoms with E-state index in [9.17, 15) is 26.4 Å². The highest BCUT2D eigenvalue weighted by Crippen LogP contribution is 2.26. The molecule has 0 radical (unpaired) electrons. The number of benzene rings is 1. The Balaban J connectivity index is 2.88. The molecule has 1 rings (SSSR count). The van der Waals surface area contributed by atoms with Crippen molar-refractivity contribution in [1.29, 1.82) is 0 Å². The third-order valence-corrected chi connectivity index (χ3v) is 3.11. The smallest absolute Gasteiger partial charge is 0.405 e. The van der Waals surface area contributed by atoms with E-state index in [4.69, 9.17) is 9.88 Å². The first kappa shape index (κ1) is 17.0. The molecule has 2 amide bonds. The van der Waals surface area contributed by atoms with Crippen LogP contribution in [-0.2, 0) is 10.0 Å². The zero-order valence-electron chi connectivity index (χ0n) is 10.7. The largest absolute Gasteiger partial charge is 0.495 e. The van der Waals surface area contributed by atoms with Gasteiger partial charge in [-0.1, -0.05) is 0 Å². The van der Waals surface area contributed by atoms with Gasteiger partial charge in [-0.05, 0) is 18.2 Å². The number of carbonyl (C=O) groups is 1. The van der Waals surface area contributed by atoms with Gasteiger partial charge >= 0.3 is 12.2 Å². The highest BCUT2D eigenvalue weighted by atomic mass is 32.2. The Labute approximate surface area is 118 Å². The number of alkyl halides is 3. The lowest BCUT2D eigenvalue weighted by atomic mass is 10.3. The fourth-order valence-corrected chi connectivity index (χ4v) is 2.06. The van der Waals surface area contributed by atoms with Gasteiger partial charge in [-0.25, -0.2) is 18.4 Å². The summed E-state index contributed by atoms with van der Waals surface area (Å²) in [7, 11) is -2.90. The summed E-state index contributed by atoms with van der Waals surface area (Å²) < 4.78 is 63.2. The van der Waals surface area contributed by atoms with Crippen molar-refractivity contribution < 1.29 is 31.1 Å². The zero-order valence-corrected chi connectivity index (χ0v) is 11.5. The first-order chi connectivity index (χ1) is 9.53. The number of carbonyl (C=O) groups excluding carboxylic acids is 1. The topological polar surface area (TPSA) is 111 Å². The molecule has 0 heterocycles. The first-order valence-corrected chi connectivity index (χ1v) is 6.90. The van der Waals surface area contributed by atoms with E-state index < -0.39 is 33.7 Å². The Hall–Kier alpha value is -2.01. The predicted molar refractivity (Wildman–Crippen MR) is 67.4 cm³/mol. The molecule has 0 aliphatic rings. The number of halogens is 3. The van der Waals surface area contributed by atoms with E-state index in [0.29, 0.717) is 0 Å². The summed E-state index contributed by atoms with van der Waals surface area (Å²) in [6.07, 6.45) is -4.55. The maximum Gasteiger partial charge on any atom is 0.405 e. The number of urea groups is 1. The van der Waals surface area contributed by atoms with Crippen molar-refractivity contribution in [3.8, 4) is 5.75 Å². The van der Waals surface area contributed by atoms with Crippen LogP contribution in [0, 0.1) is 0 Å². The molecular formula is C10H12F3N3O4S. The molecule has 1 aromatic carbocycles. The minimum Gasteiger partial charge on any atom is -0.495 e. The summed E-state index contributed by atoms with van der Waals surface area (Å²) in [6, 6.07) is 2.29. The molecule has 0 fully saturated rings. The standard InChI is InChI=1S/C10H12F3N3O4S/c1-20-7-3-2-6(4-8(7)21(14,18)19)16-9(17)15-5-10(11,12)13/h2-4H,5H2,1H3,(H2,14,18,19)(H2,15,16,17). The van der Waals surface area contributed by atoms with Crippen LogP contribution in [0.5, 0.6) is 5.75 Å². The number of hydrogen-bond acceptors (Lipinski definition) is 4. The van der Waals surface area contributed by atoms with Crippen molar-refractivity contribution in [3.63, 3.8) is 0 Å².